The van der Waals surface area contributed by atoms with Crippen LogP contribution >= 0.6 is 11.6 Å². The first-order chi connectivity index (χ1) is 8.52. The maximum absolute atomic E-state index is 6.49. The highest BCUT2D eigenvalue weighted by Gasteiger charge is 2.39. The normalized spacial score (nSPS) is 23.4. The van der Waals surface area contributed by atoms with Crippen molar-refractivity contribution in [3.8, 4) is 11.5 Å². The van der Waals surface area contributed by atoms with Crippen LogP contribution < -0.4 is 15.2 Å². The molecule has 18 heavy (non-hydrogen) atoms. The average Bonchev–Trinajstić information content (AvgIpc) is 2.91. The van der Waals surface area contributed by atoms with Gasteiger partial charge in [-0.1, -0.05) is 11.6 Å². The first-order valence-corrected chi connectivity index (χ1v) is 6.74. The molecule has 0 radical (unpaired) electrons. The van der Waals surface area contributed by atoms with Crippen LogP contribution in [0.5, 0.6) is 11.5 Å². The van der Waals surface area contributed by atoms with Crippen molar-refractivity contribution in [2.45, 2.75) is 44.2 Å². The van der Waals surface area contributed by atoms with Crippen molar-refractivity contribution in [2.75, 3.05) is 7.11 Å². The number of hydrogen-bond donors (Lipinski definition) is 1. The summed E-state index contributed by atoms with van der Waals surface area (Å²) < 4.78 is 11.2. The number of benzene rings is 1. The van der Waals surface area contributed by atoms with Gasteiger partial charge in [-0.05, 0) is 37.8 Å². The highest BCUT2D eigenvalue weighted by atomic mass is 35.5. The van der Waals surface area contributed by atoms with Gasteiger partial charge in [0.1, 0.15) is 6.10 Å². The predicted octanol–water partition coefficient (Wildman–Crippen LogP) is 2.71. The second kappa shape index (κ2) is 4.04. The Labute approximate surface area is 112 Å². The van der Waals surface area contributed by atoms with Crippen molar-refractivity contribution in [3.05, 3.63) is 22.2 Å². The van der Waals surface area contributed by atoms with Gasteiger partial charge in [0.2, 0.25) is 0 Å². The fourth-order valence-corrected chi connectivity index (χ4v) is 2.85. The molecule has 2 aliphatic rings. The monoisotopic (exact) mass is 267 g/mol. The number of fused-ring (bicyclic) bond motifs is 1. The lowest BCUT2D eigenvalue weighted by Crippen LogP contribution is -2.24. The molecule has 1 heterocycles. The molecule has 98 valence electrons. The minimum absolute atomic E-state index is 0.0477. The zero-order valence-corrected chi connectivity index (χ0v) is 11.5. The van der Waals surface area contributed by atoms with Gasteiger partial charge in [0.05, 0.1) is 12.1 Å². The zero-order valence-electron chi connectivity index (χ0n) is 10.8. The van der Waals surface area contributed by atoms with Gasteiger partial charge in [0.15, 0.2) is 11.5 Å². The Kier molecular flexibility index (Phi) is 2.72. The Morgan fingerprint density at radius 2 is 2.28 bits per heavy atom. The fourth-order valence-electron chi connectivity index (χ4n) is 2.57. The molecule has 4 heteroatoms. The summed E-state index contributed by atoms with van der Waals surface area (Å²) in [6.45, 7) is 2.04. The van der Waals surface area contributed by atoms with E-state index in [1.165, 1.54) is 0 Å². The van der Waals surface area contributed by atoms with E-state index in [9.17, 15) is 0 Å². The van der Waals surface area contributed by atoms with Crippen molar-refractivity contribution in [2.24, 2.45) is 5.73 Å². The van der Waals surface area contributed by atoms with Crippen LogP contribution in [0.15, 0.2) is 6.07 Å². The lowest BCUT2D eigenvalue weighted by atomic mass is 9.99. The molecular formula is C14H18ClNO2. The molecule has 1 aliphatic heterocycles. The minimum atomic E-state index is -0.0477. The van der Waals surface area contributed by atoms with Crippen molar-refractivity contribution in [1.82, 2.24) is 0 Å². The zero-order chi connectivity index (χ0) is 12.9. The molecule has 1 aromatic rings. The number of halogens is 1. The second-order valence-electron chi connectivity index (χ2n) is 5.53. The van der Waals surface area contributed by atoms with E-state index in [0.29, 0.717) is 0 Å². The van der Waals surface area contributed by atoms with Gasteiger partial charge in [-0.25, -0.2) is 0 Å². The summed E-state index contributed by atoms with van der Waals surface area (Å²) in [5.74, 6) is 1.58. The number of rotatable bonds is 3. The Morgan fingerprint density at radius 1 is 1.56 bits per heavy atom. The summed E-state index contributed by atoms with van der Waals surface area (Å²) in [6, 6.07) is 1.98. The van der Waals surface area contributed by atoms with Crippen LogP contribution in [-0.4, -0.2) is 18.8 Å². The van der Waals surface area contributed by atoms with Gasteiger partial charge in [0.25, 0.3) is 0 Å². The topological polar surface area (TPSA) is 44.5 Å². The third kappa shape index (κ3) is 1.95. The quantitative estimate of drug-likeness (QED) is 0.916. The lowest BCUT2D eigenvalue weighted by Gasteiger charge is -2.15. The molecule has 0 aromatic heterocycles. The van der Waals surface area contributed by atoms with E-state index in [1.807, 2.05) is 13.0 Å². The third-order valence-electron chi connectivity index (χ3n) is 3.82. The van der Waals surface area contributed by atoms with Crippen LogP contribution in [0.2, 0.25) is 5.02 Å². The number of hydrogen-bond acceptors (Lipinski definition) is 3. The van der Waals surface area contributed by atoms with E-state index in [-0.39, 0.29) is 11.6 Å². The number of ether oxygens (including phenoxy) is 2. The standard InChI is InChI=1S/C14H18ClNO2/c1-8-5-10-12(15)9(7-14(16)3-4-14)6-11(17-2)13(10)18-8/h6,8H,3-5,7,16H2,1-2H3. The molecule has 1 aromatic carbocycles. The molecule has 0 spiro atoms. The second-order valence-corrected chi connectivity index (χ2v) is 5.91. The summed E-state index contributed by atoms with van der Waals surface area (Å²) in [5.41, 5.74) is 8.29. The van der Waals surface area contributed by atoms with Crippen molar-refractivity contribution in [3.63, 3.8) is 0 Å². The minimum Gasteiger partial charge on any atom is -0.493 e. The van der Waals surface area contributed by atoms with Gasteiger partial charge < -0.3 is 15.2 Å². The molecule has 0 bridgehead atoms. The smallest absolute Gasteiger partial charge is 0.166 e. The highest BCUT2D eigenvalue weighted by molar-refractivity contribution is 6.32. The van der Waals surface area contributed by atoms with Gasteiger partial charge in [-0.15, -0.1) is 0 Å². The third-order valence-corrected chi connectivity index (χ3v) is 4.29. The summed E-state index contributed by atoms with van der Waals surface area (Å²) in [5, 5.41) is 0.812. The first-order valence-electron chi connectivity index (χ1n) is 6.36. The van der Waals surface area contributed by atoms with Gasteiger partial charge in [-0.2, -0.15) is 0 Å². The Morgan fingerprint density at radius 3 is 2.89 bits per heavy atom. The fraction of sp³-hybridized carbons (Fsp3) is 0.571. The van der Waals surface area contributed by atoms with Crippen LogP contribution in [0.4, 0.5) is 0 Å². The predicted molar refractivity (Wildman–Crippen MR) is 71.7 cm³/mol. The van der Waals surface area contributed by atoms with Crippen molar-refractivity contribution in [1.29, 1.82) is 0 Å². The van der Waals surface area contributed by atoms with Crippen molar-refractivity contribution >= 4 is 11.6 Å². The van der Waals surface area contributed by atoms with E-state index >= 15 is 0 Å². The highest BCUT2D eigenvalue weighted by Crippen LogP contribution is 2.46. The van der Waals surface area contributed by atoms with E-state index < -0.39 is 0 Å². The summed E-state index contributed by atoms with van der Waals surface area (Å²) in [7, 11) is 1.66. The molecule has 3 rings (SSSR count). The van der Waals surface area contributed by atoms with E-state index in [0.717, 1.165) is 53.3 Å². The molecule has 3 nitrogen and oxygen atoms in total. The Balaban J connectivity index is 2.03. The van der Waals surface area contributed by atoms with Gasteiger partial charge in [0, 0.05) is 17.5 Å². The SMILES string of the molecule is COc1cc(CC2(N)CC2)c(Cl)c2c1OC(C)C2. The largest absolute Gasteiger partial charge is 0.493 e. The summed E-state index contributed by atoms with van der Waals surface area (Å²) in [4.78, 5) is 0. The molecule has 1 atom stereocenters. The molecule has 1 aliphatic carbocycles. The van der Waals surface area contributed by atoms with E-state index in [4.69, 9.17) is 26.8 Å². The maximum Gasteiger partial charge on any atom is 0.166 e. The van der Waals surface area contributed by atoms with Gasteiger partial charge >= 0.3 is 0 Å². The summed E-state index contributed by atoms with van der Waals surface area (Å²) >= 11 is 6.49. The number of methoxy groups -OCH3 is 1. The molecule has 2 N–H and O–H groups in total. The average molecular weight is 268 g/mol. The molecule has 1 unspecified atom stereocenters. The van der Waals surface area contributed by atoms with Gasteiger partial charge in [-0.3, -0.25) is 0 Å². The van der Waals surface area contributed by atoms with Crippen LogP contribution in [0.1, 0.15) is 30.9 Å². The van der Waals surface area contributed by atoms with E-state index in [2.05, 4.69) is 0 Å². The Bertz CT molecular complexity index is 497. The van der Waals surface area contributed by atoms with Crippen LogP contribution in [-0.2, 0) is 12.8 Å². The lowest BCUT2D eigenvalue weighted by molar-refractivity contribution is 0.243. The van der Waals surface area contributed by atoms with Crippen LogP contribution in [0, 0.1) is 0 Å². The maximum atomic E-state index is 6.49. The molecule has 1 fully saturated rings. The molecule has 0 amide bonds. The molecule has 0 saturated heterocycles. The molecular weight excluding hydrogens is 250 g/mol. The first kappa shape index (κ1) is 12.1. The van der Waals surface area contributed by atoms with Crippen LogP contribution in [0.25, 0.3) is 0 Å². The Hall–Kier alpha value is -0.930. The molecule has 1 saturated carbocycles. The van der Waals surface area contributed by atoms with Crippen molar-refractivity contribution < 1.29 is 9.47 Å². The van der Waals surface area contributed by atoms with Crippen LogP contribution in [0.3, 0.4) is 0 Å². The van der Waals surface area contributed by atoms with E-state index in [1.54, 1.807) is 7.11 Å². The summed E-state index contributed by atoms with van der Waals surface area (Å²) in [6.07, 6.45) is 3.99. The number of nitrogens with two attached hydrogens (primary N) is 1.